The van der Waals surface area contributed by atoms with Gasteiger partial charge in [-0.05, 0) is 38.5 Å². The summed E-state index contributed by atoms with van der Waals surface area (Å²) in [5, 5.41) is 9.52. The van der Waals surface area contributed by atoms with Gasteiger partial charge in [-0.3, -0.25) is 4.79 Å². The van der Waals surface area contributed by atoms with E-state index in [2.05, 4.69) is 6.92 Å². The van der Waals surface area contributed by atoms with E-state index in [-0.39, 0.29) is 0 Å². The highest BCUT2D eigenvalue weighted by Crippen LogP contribution is 2.44. The monoisotopic (exact) mass is 242 g/mol. The summed E-state index contributed by atoms with van der Waals surface area (Å²) in [7, 11) is 0. The number of carboxylic acids is 1. The maximum atomic E-state index is 11.6. The van der Waals surface area contributed by atoms with E-state index >= 15 is 0 Å². The van der Waals surface area contributed by atoms with Crippen molar-refractivity contribution < 1.29 is 14.6 Å². The summed E-state index contributed by atoms with van der Waals surface area (Å²) in [4.78, 5) is 11.6. The van der Waals surface area contributed by atoms with Crippen molar-refractivity contribution in [3.05, 3.63) is 0 Å². The van der Waals surface area contributed by atoms with E-state index in [0.29, 0.717) is 12.5 Å². The third-order valence-electron chi connectivity index (χ3n) is 4.13. The summed E-state index contributed by atoms with van der Waals surface area (Å²) in [6.07, 6.45) is 6.75. The molecule has 0 amide bonds. The Morgan fingerprint density at radius 2 is 2.24 bits per heavy atom. The molecule has 0 aromatic heterocycles. The third-order valence-corrected chi connectivity index (χ3v) is 4.13. The minimum Gasteiger partial charge on any atom is -0.481 e. The van der Waals surface area contributed by atoms with Crippen molar-refractivity contribution >= 4 is 5.97 Å². The molecule has 0 aromatic carbocycles. The Hall–Kier alpha value is -0.570. The van der Waals surface area contributed by atoms with Gasteiger partial charge in [0, 0.05) is 13.2 Å². The van der Waals surface area contributed by atoms with Gasteiger partial charge in [0.15, 0.2) is 0 Å². The van der Waals surface area contributed by atoms with E-state index in [0.717, 1.165) is 45.1 Å². The molecule has 17 heavy (non-hydrogen) atoms. The highest BCUT2D eigenvalue weighted by Gasteiger charge is 2.41. The first-order chi connectivity index (χ1) is 8.14. The van der Waals surface area contributed by atoms with E-state index in [1.54, 1.807) is 0 Å². The number of ether oxygens (including phenoxy) is 1. The quantitative estimate of drug-likeness (QED) is 0.695. The molecular formula is C14H26O3. The molecule has 100 valence electrons. The van der Waals surface area contributed by atoms with Crippen molar-refractivity contribution in [2.45, 2.75) is 58.8 Å². The molecule has 0 spiro atoms. The molecule has 0 heterocycles. The molecule has 1 aliphatic carbocycles. The molecule has 1 N–H and O–H groups in total. The molecule has 0 bridgehead atoms. The Kier molecular flexibility index (Phi) is 5.96. The van der Waals surface area contributed by atoms with Gasteiger partial charge in [0.2, 0.25) is 0 Å². The predicted molar refractivity (Wildman–Crippen MR) is 68.0 cm³/mol. The molecule has 2 unspecified atom stereocenters. The van der Waals surface area contributed by atoms with Gasteiger partial charge >= 0.3 is 5.97 Å². The second-order valence-corrected chi connectivity index (χ2v) is 5.26. The number of hydrogen-bond acceptors (Lipinski definition) is 2. The minimum absolute atomic E-state index is 0.462. The summed E-state index contributed by atoms with van der Waals surface area (Å²) in [6.45, 7) is 5.56. The lowest BCUT2D eigenvalue weighted by atomic mass is 9.66. The van der Waals surface area contributed by atoms with Gasteiger partial charge in [-0.25, -0.2) is 0 Å². The molecule has 1 fully saturated rings. The highest BCUT2D eigenvalue weighted by atomic mass is 16.5. The van der Waals surface area contributed by atoms with E-state index in [9.17, 15) is 9.90 Å². The third kappa shape index (κ3) is 3.98. The molecule has 0 radical (unpaired) electrons. The number of rotatable bonds is 7. The van der Waals surface area contributed by atoms with Crippen molar-refractivity contribution in [1.29, 1.82) is 0 Å². The maximum Gasteiger partial charge on any atom is 0.309 e. The molecule has 2 atom stereocenters. The van der Waals surface area contributed by atoms with Gasteiger partial charge in [0.1, 0.15) is 0 Å². The largest absolute Gasteiger partial charge is 0.481 e. The van der Waals surface area contributed by atoms with Crippen LogP contribution >= 0.6 is 0 Å². The van der Waals surface area contributed by atoms with Crippen LogP contribution in [0.25, 0.3) is 0 Å². The summed E-state index contributed by atoms with van der Waals surface area (Å²) < 4.78 is 5.31. The lowest BCUT2D eigenvalue weighted by Crippen LogP contribution is -2.36. The molecule has 1 saturated carbocycles. The van der Waals surface area contributed by atoms with E-state index in [1.807, 2.05) is 6.92 Å². The normalized spacial score (nSPS) is 29.2. The van der Waals surface area contributed by atoms with Crippen molar-refractivity contribution in [2.75, 3.05) is 13.2 Å². The van der Waals surface area contributed by atoms with Crippen molar-refractivity contribution in [3.63, 3.8) is 0 Å². The first-order valence-corrected chi connectivity index (χ1v) is 6.95. The summed E-state index contributed by atoms with van der Waals surface area (Å²) in [6, 6.07) is 0. The summed E-state index contributed by atoms with van der Waals surface area (Å²) >= 11 is 0. The lowest BCUT2D eigenvalue weighted by Gasteiger charge is -2.37. The molecule has 0 saturated heterocycles. The van der Waals surface area contributed by atoms with Crippen LogP contribution in [0.2, 0.25) is 0 Å². The Balaban J connectivity index is 2.52. The van der Waals surface area contributed by atoms with E-state index in [4.69, 9.17) is 4.74 Å². The van der Waals surface area contributed by atoms with Crippen molar-refractivity contribution in [1.82, 2.24) is 0 Å². The minimum atomic E-state index is -0.591. The van der Waals surface area contributed by atoms with Crippen LogP contribution in [0.1, 0.15) is 58.8 Å². The van der Waals surface area contributed by atoms with Crippen LogP contribution in [0, 0.1) is 11.3 Å². The Morgan fingerprint density at radius 3 is 2.82 bits per heavy atom. The second-order valence-electron chi connectivity index (χ2n) is 5.26. The number of aliphatic carboxylic acids is 1. The molecule has 0 aromatic rings. The first-order valence-electron chi connectivity index (χ1n) is 6.95. The standard InChI is InChI=1S/C14H26O3/c1-3-12-7-5-8-14(11-12,13(15)16)9-6-10-17-4-2/h12H,3-11H2,1-2H3,(H,15,16). The van der Waals surface area contributed by atoms with Crippen LogP contribution in [0.4, 0.5) is 0 Å². The fraction of sp³-hybridized carbons (Fsp3) is 0.929. The topological polar surface area (TPSA) is 46.5 Å². The summed E-state index contributed by atoms with van der Waals surface area (Å²) in [5.74, 6) is 0.0130. The van der Waals surface area contributed by atoms with E-state index in [1.165, 1.54) is 6.42 Å². The smallest absolute Gasteiger partial charge is 0.309 e. The van der Waals surface area contributed by atoms with Gasteiger partial charge in [0.25, 0.3) is 0 Å². The zero-order valence-electron chi connectivity index (χ0n) is 11.2. The number of carbonyl (C=O) groups is 1. The second kappa shape index (κ2) is 7.00. The van der Waals surface area contributed by atoms with Crippen molar-refractivity contribution in [2.24, 2.45) is 11.3 Å². The van der Waals surface area contributed by atoms with Gasteiger partial charge in [-0.2, -0.15) is 0 Å². The van der Waals surface area contributed by atoms with Crippen LogP contribution in [0.15, 0.2) is 0 Å². The Labute approximate surface area is 105 Å². The molecule has 3 nitrogen and oxygen atoms in total. The molecule has 1 aliphatic rings. The highest BCUT2D eigenvalue weighted by molar-refractivity contribution is 5.74. The zero-order chi connectivity index (χ0) is 12.7. The molecular weight excluding hydrogens is 216 g/mol. The van der Waals surface area contributed by atoms with Crippen LogP contribution in [0.5, 0.6) is 0 Å². The predicted octanol–water partition coefficient (Wildman–Crippen LogP) is 3.47. The van der Waals surface area contributed by atoms with E-state index < -0.39 is 11.4 Å². The Bertz CT molecular complexity index is 240. The average Bonchev–Trinajstić information content (AvgIpc) is 2.35. The van der Waals surface area contributed by atoms with Crippen molar-refractivity contribution in [3.8, 4) is 0 Å². The fourth-order valence-electron chi connectivity index (χ4n) is 3.02. The Morgan fingerprint density at radius 1 is 1.47 bits per heavy atom. The van der Waals surface area contributed by atoms with Gasteiger partial charge in [-0.1, -0.05) is 26.2 Å². The number of carboxylic acid groups (broad SMARTS) is 1. The van der Waals surface area contributed by atoms with Crippen LogP contribution in [-0.2, 0) is 9.53 Å². The SMILES string of the molecule is CCOCCCC1(C(=O)O)CCCC(CC)C1. The fourth-order valence-corrected chi connectivity index (χ4v) is 3.02. The van der Waals surface area contributed by atoms with Gasteiger partial charge in [0.05, 0.1) is 5.41 Å². The number of hydrogen-bond donors (Lipinski definition) is 1. The summed E-state index contributed by atoms with van der Waals surface area (Å²) in [5.41, 5.74) is -0.462. The van der Waals surface area contributed by atoms with Crippen LogP contribution in [-0.4, -0.2) is 24.3 Å². The van der Waals surface area contributed by atoms with Gasteiger partial charge < -0.3 is 9.84 Å². The molecule has 0 aliphatic heterocycles. The average molecular weight is 242 g/mol. The van der Waals surface area contributed by atoms with Gasteiger partial charge in [-0.15, -0.1) is 0 Å². The van der Waals surface area contributed by atoms with Crippen LogP contribution in [0.3, 0.4) is 0 Å². The van der Waals surface area contributed by atoms with Crippen LogP contribution < -0.4 is 0 Å². The maximum absolute atomic E-state index is 11.6. The molecule has 3 heteroatoms. The molecule has 1 rings (SSSR count). The first kappa shape index (κ1) is 14.5. The lowest BCUT2D eigenvalue weighted by molar-refractivity contribution is -0.153. The zero-order valence-corrected chi connectivity index (χ0v) is 11.2.